The fraction of sp³-hybridized carbons (Fsp3) is 0.600. The summed E-state index contributed by atoms with van der Waals surface area (Å²) in [6.45, 7) is 4.68. The van der Waals surface area contributed by atoms with Crippen molar-refractivity contribution in [1.29, 1.82) is 0 Å². The van der Waals surface area contributed by atoms with Gasteiger partial charge in [-0.1, -0.05) is 19.9 Å². The molecular weight excluding hydrogens is 267 g/mol. The van der Waals surface area contributed by atoms with Crippen LogP contribution in [0.25, 0.3) is 0 Å². The number of rotatable bonds is 6. The molecule has 0 saturated heterocycles. The van der Waals surface area contributed by atoms with Crippen LogP contribution in [0.2, 0.25) is 0 Å². The van der Waals surface area contributed by atoms with Crippen LogP contribution in [0.1, 0.15) is 32.3 Å². The van der Waals surface area contributed by atoms with Gasteiger partial charge in [0, 0.05) is 12.6 Å². The maximum atomic E-state index is 12.7. The fourth-order valence-electron chi connectivity index (χ4n) is 1.90. The summed E-state index contributed by atoms with van der Waals surface area (Å²) < 4.78 is 43.7. The Hall–Kier alpha value is -1.23. The van der Waals surface area contributed by atoms with Crippen molar-refractivity contribution < 1.29 is 17.9 Å². The number of alkyl halides is 3. The molecular formula is C15H20F3NO. The van der Waals surface area contributed by atoms with Crippen molar-refractivity contribution in [1.82, 2.24) is 5.32 Å². The third-order valence-electron chi connectivity index (χ3n) is 3.38. The van der Waals surface area contributed by atoms with Crippen molar-refractivity contribution in [3.8, 4) is 5.75 Å². The minimum atomic E-state index is -4.33. The number of nitrogens with one attached hydrogen (secondary N) is 1. The third-order valence-corrected chi connectivity index (χ3v) is 3.38. The molecule has 0 heterocycles. The van der Waals surface area contributed by atoms with Crippen molar-refractivity contribution in [2.75, 3.05) is 6.54 Å². The number of halogens is 3. The Morgan fingerprint density at radius 2 is 2.00 bits per heavy atom. The van der Waals surface area contributed by atoms with E-state index >= 15 is 0 Å². The van der Waals surface area contributed by atoms with E-state index in [-0.39, 0.29) is 17.8 Å². The largest absolute Gasteiger partial charge is 0.489 e. The smallest absolute Gasteiger partial charge is 0.416 e. The summed E-state index contributed by atoms with van der Waals surface area (Å²) in [4.78, 5) is 0. The molecule has 1 aliphatic rings. The molecule has 1 aliphatic carbocycles. The van der Waals surface area contributed by atoms with E-state index in [0.29, 0.717) is 12.6 Å². The molecule has 0 aromatic heterocycles. The number of hydrogen-bond donors (Lipinski definition) is 1. The maximum absolute atomic E-state index is 12.7. The minimum absolute atomic E-state index is 0.126. The molecule has 20 heavy (non-hydrogen) atoms. The number of ether oxygens (including phenoxy) is 1. The molecule has 1 atom stereocenters. The highest BCUT2D eigenvalue weighted by Gasteiger charge is 2.31. The Kier molecular flexibility index (Phi) is 4.58. The standard InChI is InChI=1S/C15H20F3NO/c1-10(2)14(9-19-12-6-7-12)20-13-5-3-4-11(8-13)15(16,17)18/h3-5,8,10,12,14,19H,6-7,9H2,1-2H3. The van der Waals surface area contributed by atoms with Gasteiger partial charge in [0.1, 0.15) is 11.9 Å². The zero-order valence-electron chi connectivity index (χ0n) is 11.7. The van der Waals surface area contributed by atoms with Crippen LogP contribution in [0.5, 0.6) is 5.75 Å². The van der Waals surface area contributed by atoms with Crippen LogP contribution in [0, 0.1) is 5.92 Å². The molecule has 0 bridgehead atoms. The average Bonchev–Trinajstić information content (AvgIpc) is 3.17. The van der Waals surface area contributed by atoms with Gasteiger partial charge in [0.05, 0.1) is 5.56 Å². The minimum Gasteiger partial charge on any atom is -0.489 e. The predicted octanol–water partition coefficient (Wildman–Crippen LogP) is 3.86. The maximum Gasteiger partial charge on any atom is 0.416 e. The molecule has 0 spiro atoms. The molecule has 1 aromatic carbocycles. The van der Waals surface area contributed by atoms with Crippen LogP contribution in [-0.4, -0.2) is 18.7 Å². The highest BCUT2D eigenvalue weighted by Crippen LogP contribution is 2.31. The summed E-state index contributed by atoms with van der Waals surface area (Å²) in [7, 11) is 0. The van der Waals surface area contributed by atoms with E-state index in [1.54, 1.807) is 6.07 Å². The molecule has 1 unspecified atom stereocenters. The number of hydrogen-bond acceptors (Lipinski definition) is 2. The molecule has 0 radical (unpaired) electrons. The first kappa shape index (κ1) is 15.2. The van der Waals surface area contributed by atoms with Crippen LogP contribution >= 0.6 is 0 Å². The summed E-state index contributed by atoms with van der Waals surface area (Å²) in [5, 5.41) is 3.36. The van der Waals surface area contributed by atoms with Crippen molar-refractivity contribution in [3.63, 3.8) is 0 Å². The first-order valence-electron chi connectivity index (χ1n) is 6.93. The van der Waals surface area contributed by atoms with Gasteiger partial charge in [0.2, 0.25) is 0 Å². The molecule has 1 N–H and O–H groups in total. The van der Waals surface area contributed by atoms with Gasteiger partial charge in [-0.2, -0.15) is 13.2 Å². The van der Waals surface area contributed by atoms with Gasteiger partial charge in [0.25, 0.3) is 0 Å². The second kappa shape index (κ2) is 6.04. The molecule has 2 nitrogen and oxygen atoms in total. The van der Waals surface area contributed by atoms with Crippen molar-refractivity contribution in [3.05, 3.63) is 29.8 Å². The van der Waals surface area contributed by atoms with Gasteiger partial charge in [-0.3, -0.25) is 0 Å². The average molecular weight is 287 g/mol. The Balaban J connectivity index is 2.01. The van der Waals surface area contributed by atoms with Crippen molar-refractivity contribution in [2.45, 2.75) is 45.0 Å². The Labute approximate surface area is 117 Å². The van der Waals surface area contributed by atoms with Gasteiger partial charge in [-0.05, 0) is 37.0 Å². The Bertz CT molecular complexity index is 441. The molecule has 112 valence electrons. The lowest BCUT2D eigenvalue weighted by Gasteiger charge is -2.23. The normalized spacial score (nSPS) is 17.3. The van der Waals surface area contributed by atoms with Crippen LogP contribution in [0.15, 0.2) is 24.3 Å². The van der Waals surface area contributed by atoms with Gasteiger partial charge in [0.15, 0.2) is 0 Å². The van der Waals surface area contributed by atoms with Crippen LogP contribution in [0.3, 0.4) is 0 Å². The van der Waals surface area contributed by atoms with E-state index in [1.807, 2.05) is 13.8 Å². The Morgan fingerprint density at radius 3 is 2.55 bits per heavy atom. The highest BCUT2D eigenvalue weighted by molar-refractivity contribution is 5.30. The second-order valence-electron chi connectivity index (χ2n) is 5.61. The van der Waals surface area contributed by atoms with E-state index in [9.17, 15) is 13.2 Å². The fourth-order valence-corrected chi connectivity index (χ4v) is 1.90. The van der Waals surface area contributed by atoms with Gasteiger partial charge >= 0.3 is 6.18 Å². The SMILES string of the molecule is CC(C)C(CNC1CC1)Oc1cccc(C(F)(F)F)c1. The molecule has 5 heteroatoms. The zero-order valence-corrected chi connectivity index (χ0v) is 11.7. The summed E-state index contributed by atoms with van der Waals surface area (Å²) in [5.41, 5.74) is -0.673. The second-order valence-corrected chi connectivity index (χ2v) is 5.61. The van der Waals surface area contributed by atoms with Gasteiger partial charge < -0.3 is 10.1 Å². The predicted molar refractivity (Wildman–Crippen MR) is 71.7 cm³/mol. The van der Waals surface area contributed by atoms with Crippen molar-refractivity contribution in [2.24, 2.45) is 5.92 Å². The lowest BCUT2D eigenvalue weighted by molar-refractivity contribution is -0.137. The van der Waals surface area contributed by atoms with Gasteiger partial charge in [-0.25, -0.2) is 0 Å². The molecule has 1 saturated carbocycles. The van der Waals surface area contributed by atoms with E-state index in [4.69, 9.17) is 4.74 Å². The molecule has 2 rings (SSSR count). The molecule has 0 amide bonds. The monoisotopic (exact) mass is 287 g/mol. The lowest BCUT2D eigenvalue weighted by atomic mass is 10.1. The lowest BCUT2D eigenvalue weighted by Crippen LogP contribution is -2.36. The first-order valence-corrected chi connectivity index (χ1v) is 6.93. The summed E-state index contributed by atoms with van der Waals surface area (Å²) in [5.74, 6) is 0.506. The topological polar surface area (TPSA) is 21.3 Å². The van der Waals surface area contributed by atoms with Gasteiger partial charge in [-0.15, -0.1) is 0 Å². The highest BCUT2D eigenvalue weighted by atomic mass is 19.4. The quantitative estimate of drug-likeness (QED) is 0.858. The van der Waals surface area contributed by atoms with E-state index < -0.39 is 11.7 Å². The summed E-state index contributed by atoms with van der Waals surface area (Å²) in [6, 6.07) is 5.62. The Morgan fingerprint density at radius 1 is 1.30 bits per heavy atom. The van der Waals surface area contributed by atoms with Crippen LogP contribution < -0.4 is 10.1 Å². The van der Waals surface area contributed by atoms with E-state index in [0.717, 1.165) is 12.1 Å². The zero-order chi connectivity index (χ0) is 14.8. The first-order chi connectivity index (χ1) is 9.36. The van der Waals surface area contributed by atoms with E-state index in [2.05, 4.69) is 5.32 Å². The molecule has 1 aromatic rings. The molecule has 0 aliphatic heterocycles. The third kappa shape index (κ3) is 4.40. The molecule has 1 fully saturated rings. The van der Waals surface area contributed by atoms with E-state index in [1.165, 1.54) is 18.9 Å². The summed E-state index contributed by atoms with van der Waals surface area (Å²) in [6.07, 6.45) is -2.11. The summed E-state index contributed by atoms with van der Waals surface area (Å²) >= 11 is 0. The van der Waals surface area contributed by atoms with Crippen LogP contribution in [-0.2, 0) is 6.18 Å². The van der Waals surface area contributed by atoms with Crippen LogP contribution in [0.4, 0.5) is 13.2 Å². The van der Waals surface area contributed by atoms with Crippen molar-refractivity contribution >= 4 is 0 Å². The number of benzene rings is 1.